The predicted octanol–water partition coefficient (Wildman–Crippen LogP) is 6.34. The summed E-state index contributed by atoms with van der Waals surface area (Å²) in [6, 6.07) is 21.5. The summed E-state index contributed by atoms with van der Waals surface area (Å²) in [5.74, 6) is 1.52. The van der Waals surface area contributed by atoms with Crippen LogP contribution < -0.4 is 19.7 Å². The maximum absolute atomic E-state index is 6.39. The zero-order chi connectivity index (χ0) is 25.4. The molecule has 1 saturated heterocycles. The third kappa shape index (κ3) is 4.18. The predicted molar refractivity (Wildman–Crippen MR) is 148 cm³/mol. The number of benzene rings is 2. The molecule has 0 amide bonds. The minimum Gasteiger partial charge on any atom is -0.497 e. The van der Waals surface area contributed by atoms with Crippen LogP contribution in [-0.2, 0) is 0 Å². The van der Waals surface area contributed by atoms with Crippen LogP contribution in [0.25, 0.3) is 5.69 Å². The Morgan fingerprint density at radius 1 is 0.972 bits per heavy atom. The minimum absolute atomic E-state index is 0.148. The van der Waals surface area contributed by atoms with Gasteiger partial charge in [0.05, 0.1) is 37.7 Å². The number of pyridine rings is 1. The maximum Gasteiger partial charge on any atom is 0.174 e. The lowest BCUT2D eigenvalue weighted by Crippen LogP contribution is -2.29. The molecule has 4 aromatic rings. The molecule has 3 heterocycles. The maximum atomic E-state index is 6.39. The first-order valence-electron chi connectivity index (χ1n) is 11.6. The number of anilines is 1. The van der Waals surface area contributed by atoms with E-state index in [0.29, 0.717) is 10.1 Å². The van der Waals surface area contributed by atoms with E-state index >= 15 is 0 Å². The third-order valence-electron chi connectivity index (χ3n) is 6.60. The van der Waals surface area contributed by atoms with E-state index in [9.17, 15) is 0 Å². The number of thiocarbonyl (C=S) groups is 1. The van der Waals surface area contributed by atoms with Crippen molar-refractivity contribution in [2.24, 2.45) is 0 Å². The van der Waals surface area contributed by atoms with Gasteiger partial charge in [-0.1, -0.05) is 23.7 Å². The highest BCUT2D eigenvalue weighted by molar-refractivity contribution is 7.80. The molecular weight excluding hydrogens is 492 g/mol. The summed E-state index contributed by atoms with van der Waals surface area (Å²) < 4.78 is 13.4. The quantitative estimate of drug-likeness (QED) is 0.301. The molecule has 2 aromatic carbocycles. The third-order valence-corrected chi connectivity index (χ3v) is 7.15. The Morgan fingerprint density at radius 3 is 2.53 bits per heavy atom. The van der Waals surface area contributed by atoms with E-state index in [2.05, 4.69) is 39.7 Å². The first-order valence-corrected chi connectivity index (χ1v) is 12.4. The van der Waals surface area contributed by atoms with Crippen molar-refractivity contribution in [3.05, 3.63) is 101 Å². The Balaban J connectivity index is 1.70. The molecule has 6 nitrogen and oxygen atoms in total. The largest absolute Gasteiger partial charge is 0.497 e. The first kappa shape index (κ1) is 24.2. The van der Waals surface area contributed by atoms with Crippen LogP contribution in [0.5, 0.6) is 11.5 Å². The number of aryl methyl sites for hydroxylation is 1. The molecular formula is C28H27ClN4O2S. The molecule has 184 valence electrons. The number of aromatic nitrogens is 2. The number of nitrogens with one attached hydrogen (secondary N) is 1. The van der Waals surface area contributed by atoms with Crippen molar-refractivity contribution in [3.8, 4) is 17.2 Å². The van der Waals surface area contributed by atoms with Crippen molar-refractivity contribution in [1.82, 2.24) is 14.9 Å². The summed E-state index contributed by atoms with van der Waals surface area (Å²) in [7, 11) is 3.34. The van der Waals surface area contributed by atoms with E-state index in [1.54, 1.807) is 14.2 Å². The zero-order valence-electron chi connectivity index (χ0n) is 20.5. The fourth-order valence-corrected chi connectivity index (χ4v) is 5.52. The molecule has 0 bridgehead atoms. The molecule has 0 spiro atoms. The molecule has 0 saturated carbocycles. The summed E-state index contributed by atoms with van der Waals surface area (Å²) >= 11 is 12.3. The van der Waals surface area contributed by atoms with Gasteiger partial charge in [-0.25, -0.2) is 0 Å². The van der Waals surface area contributed by atoms with E-state index in [-0.39, 0.29) is 12.1 Å². The van der Waals surface area contributed by atoms with E-state index in [0.717, 1.165) is 45.5 Å². The Kier molecular flexibility index (Phi) is 6.60. The second-order valence-electron chi connectivity index (χ2n) is 8.68. The fraction of sp³-hybridized carbons (Fsp3) is 0.214. The lowest BCUT2D eigenvalue weighted by atomic mass is 9.96. The van der Waals surface area contributed by atoms with Gasteiger partial charge < -0.3 is 24.3 Å². The lowest BCUT2D eigenvalue weighted by Gasteiger charge is -2.28. The minimum atomic E-state index is -0.153. The van der Waals surface area contributed by atoms with Crippen LogP contribution >= 0.6 is 23.8 Å². The lowest BCUT2D eigenvalue weighted by molar-refractivity contribution is 0.412. The van der Waals surface area contributed by atoms with Crippen LogP contribution in [0, 0.1) is 13.8 Å². The molecule has 1 aliphatic rings. The van der Waals surface area contributed by atoms with Crippen LogP contribution in [0.1, 0.15) is 34.7 Å². The number of rotatable bonds is 6. The topological polar surface area (TPSA) is 51.5 Å². The summed E-state index contributed by atoms with van der Waals surface area (Å²) in [6.45, 7) is 4.20. The number of nitrogens with zero attached hydrogens (tertiary/aromatic N) is 3. The molecule has 1 fully saturated rings. The first-order chi connectivity index (χ1) is 17.4. The van der Waals surface area contributed by atoms with Crippen molar-refractivity contribution in [3.63, 3.8) is 0 Å². The standard InChI is InChI=1S/C28H27ClN4O2S/c1-17-14-22(18(2)32(17)24-15-19(29)11-12-25(24)35-4)27-26(23-10-5-6-13-30-23)31-28(36)33(27)20-8-7-9-21(16-20)34-3/h5-16,26-27H,1-4H3,(H,31,36)/t26-,27-/m0/s1. The SMILES string of the molecule is COc1cccc(N2C(=S)N[C@@H](c3ccccn3)[C@@H]2c2cc(C)n(-c3cc(Cl)ccc3OC)c2C)c1. The highest BCUT2D eigenvalue weighted by atomic mass is 35.5. The van der Waals surface area contributed by atoms with Gasteiger partial charge in [0.15, 0.2) is 5.11 Å². The van der Waals surface area contributed by atoms with E-state index < -0.39 is 0 Å². The summed E-state index contributed by atoms with van der Waals surface area (Å²) in [5, 5.41) is 4.81. The van der Waals surface area contributed by atoms with Crippen molar-refractivity contribution in [2.75, 3.05) is 19.1 Å². The molecule has 0 unspecified atom stereocenters. The van der Waals surface area contributed by atoms with Crippen molar-refractivity contribution in [1.29, 1.82) is 0 Å². The average Bonchev–Trinajstić information content (AvgIpc) is 3.39. The zero-order valence-corrected chi connectivity index (χ0v) is 22.1. The highest BCUT2D eigenvalue weighted by Gasteiger charge is 2.42. The van der Waals surface area contributed by atoms with Gasteiger partial charge in [-0.15, -0.1) is 0 Å². The molecule has 0 radical (unpaired) electrons. The molecule has 36 heavy (non-hydrogen) atoms. The number of hydrogen-bond donors (Lipinski definition) is 1. The van der Waals surface area contributed by atoms with Crippen LogP contribution in [0.3, 0.4) is 0 Å². The second-order valence-corrected chi connectivity index (χ2v) is 9.50. The van der Waals surface area contributed by atoms with Crippen LogP contribution in [-0.4, -0.2) is 28.9 Å². The molecule has 2 aromatic heterocycles. The number of ether oxygens (including phenoxy) is 2. The second kappa shape index (κ2) is 9.84. The smallest absolute Gasteiger partial charge is 0.174 e. The van der Waals surface area contributed by atoms with Crippen molar-refractivity contribution in [2.45, 2.75) is 25.9 Å². The average molecular weight is 519 g/mol. The number of methoxy groups -OCH3 is 2. The van der Waals surface area contributed by atoms with Gasteiger partial charge in [-0.3, -0.25) is 4.98 Å². The van der Waals surface area contributed by atoms with Gasteiger partial charge in [0.2, 0.25) is 0 Å². The molecule has 2 atom stereocenters. The van der Waals surface area contributed by atoms with Gasteiger partial charge in [0, 0.05) is 34.4 Å². The Bertz CT molecular complexity index is 1420. The van der Waals surface area contributed by atoms with Crippen LogP contribution in [0.4, 0.5) is 5.69 Å². The van der Waals surface area contributed by atoms with Gasteiger partial charge in [0.25, 0.3) is 0 Å². The Labute approximate surface area is 221 Å². The highest BCUT2D eigenvalue weighted by Crippen LogP contribution is 2.44. The Morgan fingerprint density at radius 2 is 1.81 bits per heavy atom. The molecule has 0 aliphatic carbocycles. The van der Waals surface area contributed by atoms with Crippen molar-refractivity contribution < 1.29 is 9.47 Å². The normalized spacial score (nSPS) is 17.2. The van der Waals surface area contributed by atoms with Gasteiger partial charge in [0.1, 0.15) is 11.5 Å². The summed E-state index contributed by atoms with van der Waals surface area (Å²) in [4.78, 5) is 6.82. The monoisotopic (exact) mass is 518 g/mol. The van der Waals surface area contributed by atoms with Gasteiger partial charge >= 0.3 is 0 Å². The number of halogens is 1. The van der Waals surface area contributed by atoms with E-state index in [1.807, 2.05) is 66.9 Å². The van der Waals surface area contributed by atoms with Crippen molar-refractivity contribution >= 4 is 34.6 Å². The molecule has 1 aliphatic heterocycles. The van der Waals surface area contributed by atoms with E-state index in [4.69, 9.17) is 33.3 Å². The van der Waals surface area contributed by atoms with Crippen LogP contribution in [0.15, 0.2) is 72.9 Å². The van der Waals surface area contributed by atoms with E-state index in [1.165, 1.54) is 0 Å². The molecule has 1 N–H and O–H groups in total. The number of hydrogen-bond acceptors (Lipinski definition) is 4. The molecule has 8 heteroatoms. The summed E-state index contributed by atoms with van der Waals surface area (Å²) in [6.07, 6.45) is 1.81. The summed E-state index contributed by atoms with van der Waals surface area (Å²) in [5.41, 5.74) is 6.01. The van der Waals surface area contributed by atoms with Crippen LogP contribution in [0.2, 0.25) is 5.02 Å². The molecule has 5 rings (SSSR count). The van der Waals surface area contributed by atoms with Gasteiger partial charge in [-0.05, 0) is 80.2 Å². The Hall–Kier alpha value is -3.55. The van der Waals surface area contributed by atoms with Gasteiger partial charge in [-0.2, -0.15) is 0 Å². The fourth-order valence-electron chi connectivity index (χ4n) is 5.00.